The summed E-state index contributed by atoms with van der Waals surface area (Å²) in [4.78, 5) is 4.52. The zero-order valence-corrected chi connectivity index (χ0v) is 16.9. The van der Waals surface area contributed by atoms with E-state index in [0.29, 0.717) is 12.1 Å². The number of halogens is 2. The van der Waals surface area contributed by atoms with Crippen molar-refractivity contribution in [3.8, 4) is 22.7 Å². The van der Waals surface area contributed by atoms with E-state index in [-0.39, 0.29) is 5.89 Å². The SMILES string of the molecule is CNc1ccc2cc(-c3cn(Cc4ccc(-c5nnc(C(F)F)o5)cc4)nn3)ccc2n1. The topological polar surface area (TPSA) is 94.6 Å². The molecule has 10 heteroatoms. The lowest BCUT2D eigenvalue weighted by Gasteiger charge is -2.03. The molecule has 0 aliphatic rings. The Morgan fingerprint density at radius 1 is 0.969 bits per heavy atom. The Hall–Kier alpha value is -4.21. The minimum atomic E-state index is -2.79. The molecule has 5 aromatic rings. The average molecular weight is 433 g/mol. The Bertz CT molecular complexity index is 1380. The van der Waals surface area contributed by atoms with Crippen molar-refractivity contribution < 1.29 is 13.2 Å². The quantitative estimate of drug-likeness (QED) is 0.419. The molecule has 0 saturated heterocycles. The van der Waals surface area contributed by atoms with Crippen LogP contribution in [0.25, 0.3) is 33.6 Å². The second-order valence-electron chi connectivity index (χ2n) is 7.10. The third-order valence-corrected chi connectivity index (χ3v) is 4.95. The number of hydrogen-bond acceptors (Lipinski definition) is 7. The smallest absolute Gasteiger partial charge is 0.314 e. The van der Waals surface area contributed by atoms with Crippen molar-refractivity contribution >= 4 is 16.7 Å². The standard InChI is InChI=1S/C22H17F2N7O/c1-25-19-9-7-15-10-16(6-8-17(15)26-19)18-12-31(30-27-18)11-13-2-4-14(5-3-13)21-28-29-22(32-21)20(23)24/h2-10,12,20H,11H2,1H3,(H,25,26). The third kappa shape index (κ3) is 3.89. The van der Waals surface area contributed by atoms with Gasteiger partial charge in [-0.1, -0.05) is 23.4 Å². The van der Waals surface area contributed by atoms with E-state index in [1.54, 1.807) is 16.8 Å². The molecule has 0 aliphatic heterocycles. The summed E-state index contributed by atoms with van der Waals surface area (Å²) >= 11 is 0. The highest BCUT2D eigenvalue weighted by Gasteiger charge is 2.17. The van der Waals surface area contributed by atoms with Crippen molar-refractivity contribution in [2.24, 2.45) is 0 Å². The summed E-state index contributed by atoms with van der Waals surface area (Å²) in [6, 6.07) is 17.1. The first kappa shape index (κ1) is 19.7. The van der Waals surface area contributed by atoms with Crippen LogP contribution in [0.4, 0.5) is 14.6 Å². The van der Waals surface area contributed by atoms with Crippen LogP contribution in [0.3, 0.4) is 0 Å². The van der Waals surface area contributed by atoms with E-state index in [0.717, 1.165) is 33.5 Å². The Labute approximate surface area is 180 Å². The summed E-state index contributed by atoms with van der Waals surface area (Å²) in [5.41, 5.74) is 4.13. The van der Waals surface area contributed by atoms with E-state index in [9.17, 15) is 8.78 Å². The monoisotopic (exact) mass is 433 g/mol. The highest BCUT2D eigenvalue weighted by molar-refractivity contribution is 5.84. The van der Waals surface area contributed by atoms with Gasteiger partial charge in [0.1, 0.15) is 11.5 Å². The predicted octanol–water partition coefficient (Wildman–Crippen LogP) is 4.57. The fourth-order valence-electron chi connectivity index (χ4n) is 3.31. The maximum atomic E-state index is 12.6. The van der Waals surface area contributed by atoms with Crippen LogP contribution in [0.5, 0.6) is 0 Å². The number of hydrogen-bond donors (Lipinski definition) is 1. The van der Waals surface area contributed by atoms with Gasteiger partial charge in [-0.25, -0.2) is 9.67 Å². The molecule has 0 bridgehead atoms. The Morgan fingerprint density at radius 3 is 2.53 bits per heavy atom. The number of alkyl halides is 2. The van der Waals surface area contributed by atoms with Crippen LogP contribution < -0.4 is 5.32 Å². The van der Waals surface area contributed by atoms with Crippen molar-refractivity contribution in [1.29, 1.82) is 0 Å². The summed E-state index contributed by atoms with van der Waals surface area (Å²) in [7, 11) is 1.84. The molecule has 0 saturated carbocycles. The van der Waals surface area contributed by atoms with Gasteiger partial charge in [-0.3, -0.25) is 0 Å². The zero-order chi connectivity index (χ0) is 22.1. The molecule has 2 aromatic carbocycles. The first-order valence-electron chi connectivity index (χ1n) is 9.79. The van der Waals surface area contributed by atoms with Gasteiger partial charge in [0.15, 0.2) is 0 Å². The molecule has 3 aromatic heterocycles. The molecular weight excluding hydrogens is 416 g/mol. The lowest BCUT2D eigenvalue weighted by molar-refractivity contribution is 0.116. The molecule has 5 rings (SSSR count). The van der Waals surface area contributed by atoms with Gasteiger partial charge in [-0.2, -0.15) is 8.78 Å². The summed E-state index contributed by atoms with van der Waals surface area (Å²) in [5.74, 6) is 0.185. The Morgan fingerprint density at radius 2 is 1.78 bits per heavy atom. The fourth-order valence-corrected chi connectivity index (χ4v) is 3.31. The molecular formula is C22H17F2N7O. The van der Waals surface area contributed by atoms with Crippen LogP contribution in [0.2, 0.25) is 0 Å². The molecule has 160 valence electrons. The molecule has 0 unspecified atom stereocenters. The second-order valence-corrected chi connectivity index (χ2v) is 7.10. The minimum Gasteiger partial charge on any atom is -0.415 e. The van der Waals surface area contributed by atoms with E-state index in [2.05, 4.69) is 30.8 Å². The van der Waals surface area contributed by atoms with Gasteiger partial charge in [-0.15, -0.1) is 15.3 Å². The summed E-state index contributed by atoms with van der Waals surface area (Å²) < 4.78 is 31.9. The van der Waals surface area contributed by atoms with E-state index in [1.165, 1.54) is 0 Å². The highest BCUT2D eigenvalue weighted by atomic mass is 19.3. The minimum absolute atomic E-state index is 0.0579. The number of aromatic nitrogens is 6. The first-order chi connectivity index (χ1) is 15.6. The fraction of sp³-hybridized carbons (Fsp3) is 0.136. The number of nitrogens with one attached hydrogen (secondary N) is 1. The number of fused-ring (bicyclic) bond motifs is 1. The summed E-state index contributed by atoms with van der Waals surface area (Å²) in [6.45, 7) is 0.500. The summed E-state index contributed by atoms with van der Waals surface area (Å²) in [6.07, 6.45) is -0.918. The number of anilines is 1. The van der Waals surface area contributed by atoms with E-state index < -0.39 is 12.3 Å². The molecule has 0 radical (unpaired) electrons. The molecule has 32 heavy (non-hydrogen) atoms. The number of benzene rings is 2. The Kier molecular flexibility index (Phi) is 5.02. The third-order valence-electron chi connectivity index (χ3n) is 4.95. The molecule has 0 fully saturated rings. The molecule has 1 N–H and O–H groups in total. The van der Waals surface area contributed by atoms with E-state index in [1.807, 2.05) is 55.7 Å². The molecule has 0 amide bonds. The molecule has 8 nitrogen and oxygen atoms in total. The number of nitrogens with zero attached hydrogens (tertiary/aromatic N) is 6. The molecule has 0 aliphatic carbocycles. The molecule has 0 spiro atoms. The van der Waals surface area contributed by atoms with Crippen LogP contribution >= 0.6 is 0 Å². The lowest BCUT2D eigenvalue weighted by atomic mass is 10.1. The largest absolute Gasteiger partial charge is 0.415 e. The van der Waals surface area contributed by atoms with Gasteiger partial charge >= 0.3 is 6.43 Å². The average Bonchev–Trinajstić information content (AvgIpc) is 3.49. The van der Waals surface area contributed by atoms with Crippen molar-refractivity contribution in [1.82, 2.24) is 30.2 Å². The van der Waals surface area contributed by atoms with Gasteiger partial charge < -0.3 is 9.73 Å². The van der Waals surface area contributed by atoms with Gasteiger partial charge in [0, 0.05) is 23.6 Å². The van der Waals surface area contributed by atoms with Gasteiger partial charge in [0.2, 0.25) is 5.89 Å². The summed E-state index contributed by atoms with van der Waals surface area (Å²) in [5, 5.41) is 19.5. The van der Waals surface area contributed by atoms with Gasteiger partial charge in [0.25, 0.3) is 5.89 Å². The second kappa shape index (κ2) is 8.14. The zero-order valence-electron chi connectivity index (χ0n) is 16.9. The van der Waals surface area contributed by atoms with E-state index >= 15 is 0 Å². The maximum Gasteiger partial charge on any atom is 0.314 e. The van der Waals surface area contributed by atoms with Crippen LogP contribution in [0.15, 0.2) is 65.2 Å². The van der Waals surface area contributed by atoms with Crippen LogP contribution in [-0.4, -0.2) is 37.2 Å². The Balaban J connectivity index is 1.32. The molecule has 3 heterocycles. The van der Waals surface area contributed by atoms with Crippen LogP contribution in [0, 0.1) is 0 Å². The van der Waals surface area contributed by atoms with Crippen LogP contribution in [-0.2, 0) is 6.54 Å². The normalized spacial score (nSPS) is 11.4. The van der Waals surface area contributed by atoms with Crippen molar-refractivity contribution in [3.63, 3.8) is 0 Å². The first-order valence-corrected chi connectivity index (χ1v) is 9.79. The molecule has 0 atom stereocenters. The lowest BCUT2D eigenvalue weighted by Crippen LogP contribution is -2.00. The van der Waals surface area contributed by atoms with Crippen LogP contribution in [0.1, 0.15) is 17.9 Å². The van der Waals surface area contributed by atoms with Crippen molar-refractivity contribution in [3.05, 3.63) is 72.2 Å². The van der Waals surface area contributed by atoms with Crippen molar-refractivity contribution in [2.45, 2.75) is 13.0 Å². The van der Waals surface area contributed by atoms with E-state index in [4.69, 9.17) is 4.42 Å². The van der Waals surface area contributed by atoms with Crippen molar-refractivity contribution in [2.75, 3.05) is 12.4 Å². The van der Waals surface area contributed by atoms with Gasteiger partial charge in [0.05, 0.1) is 18.3 Å². The predicted molar refractivity (Wildman–Crippen MR) is 114 cm³/mol. The maximum absolute atomic E-state index is 12.6. The number of rotatable bonds is 6. The highest BCUT2D eigenvalue weighted by Crippen LogP contribution is 2.25. The number of pyridine rings is 1. The van der Waals surface area contributed by atoms with Gasteiger partial charge in [-0.05, 0) is 42.0 Å².